The van der Waals surface area contributed by atoms with Crippen LogP contribution in [0.1, 0.15) is 36.6 Å². The van der Waals surface area contributed by atoms with Gasteiger partial charge in [-0.15, -0.1) is 0 Å². The Labute approximate surface area is 115 Å². The minimum absolute atomic E-state index is 0.465. The molecular formula is C16H23N3. The Hall–Kier alpha value is -1.61. The van der Waals surface area contributed by atoms with Gasteiger partial charge in [0.25, 0.3) is 0 Å². The smallest absolute Gasteiger partial charge is 0.0492 e. The Morgan fingerprint density at radius 2 is 1.95 bits per heavy atom. The van der Waals surface area contributed by atoms with Gasteiger partial charge in [-0.2, -0.15) is 5.10 Å². The Kier molecular flexibility index (Phi) is 5.16. The summed E-state index contributed by atoms with van der Waals surface area (Å²) >= 11 is 0. The minimum atomic E-state index is 0.465. The summed E-state index contributed by atoms with van der Waals surface area (Å²) in [6, 6.07) is 13.2. The molecule has 0 aliphatic heterocycles. The van der Waals surface area contributed by atoms with Crippen LogP contribution < -0.4 is 5.32 Å². The maximum atomic E-state index is 4.20. The van der Waals surface area contributed by atoms with Crippen molar-refractivity contribution in [2.24, 2.45) is 7.05 Å². The van der Waals surface area contributed by atoms with Gasteiger partial charge in [-0.05, 0) is 37.9 Å². The van der Waals surface area contributed by atoms with E-state index >= 15 is 0 Å². The van der Waals surface area contributed by atoms with Crippen molar-refractivity contribution in [3.8, 4) is 0 Å². The van der Waals surface area contributed by atoms with Crippen molar-refractivity contribution in [1.82, 2.24) is 15.1 Å². The summed E-state index contributed by atoms with van der Waals surface area (Å²) in [4.78, 5) is 0. The number of nitrogens with one attached hydrogen (secondary N) is 1. The van der Waals surface area contributed by atoms with Crippen LogP contribution in [-0.4, -0.2) is 16.8 Å². The third-order valence-corrected chi connectivity index (χ3v) is 3.65. The van der Waals surface area contributed by atoms with Gasteiger partial charge in [-0.25, -0.2) is 0 Å². The van der Waals surface area contributed by atoms with Crippen LogP contribution in [0.5, 0.6) is 0 Å². The first-order valence-corrected chi connectivity index (χ1v) is 7.00. The molecule has 2 rings (SSSR count). The number of hydrogen-bond acceptors (Lipinski definition) is 2. The van der Waals surface area contributed by atoms with Gasteiger partial charge in [0.2, 0.25) is 0 Å². The van der Waals surface area contributed by atoms with E-state index in [2.05, 4.69) is 46.8 Å². The van der Waals surface area contributed by atoms with Gasteiger partial charge in [0, 0.05) is 25.0 Å². The lowest BCUT2D eigenvalue weighted by atomic mass is 10.0. The maximum absolute atomic E-state index is 4.20. The summed E-state index contributed by atoms with van der Waals surface area (Å²) < 4.78 is 1.97. The summed E-state index contributed by atoms with van der Waals surface area (Å²) in [7, 11) is 4.05. The molecule has 102 valence electrons. The Bertz CT molecular complexity index is 476. The standard InChI is InChI=1S/C16H23N3/c1-17-16(14-8-4-3-5-9-14)11-7-6-10-15-12-13-18-19(15)2/h3-5,8-9,12-13,16-17H,6-7,10-11H2,1-2H3. The number of hydrogen-bond donors (Lipinski definition) is 1. The molecule has 0 spiro atoms. The fourth-order valence-electron chi connectivity index (χ4n) is 2.46. The number of rotatable bonds is 7. The van der Waals surface area contributed by atoms with Crippen LogP contribution >= 0.6 is 0 Å². The predicted molar refractivity (Wildman–Crippen MR) is 79.0 cm³/mol. The van der Waals surface area contributed by atoms with Crippen molar-refractivity contribution >= 4 is 0 Å². The molecule has 1 heterocycles. The Morgan fingerprint density at radius 1 is 1.16 bits per heavy atom. The fourth-order valence-corrected chi connectivity index (χ4v) is 2.46. The van der Waals surface area contributed by atoms with E-state index in [0.717, 1.165) is 6.42 Å². The first kappa shape index (κ1) is 13.8. The predicted octanol–water partition coefficient (Wildman–Crippen LogP) is 3.09. The Morgan fingerprint density at radius 3 is 2.58 bits per heavy atom. The van der Waals surface area contributed by atoms with Gasteiger partial charge < -0.3 is 5.32 Å². The molecule has 1 aromatic carbocycles. The summed E-state index contributed by atoms with van der Waals surface area (Å²) in [6.45, 7) is 0. The van der Waals surface area contributed by atoms with Gasteiger partial charge in [0.05, 0.1) is 0 Å². The van der Waals surface area contributed by atoms with Crippen molar-refractivity contribution in [1.29, 1.82) is 0 Å². The molecule has 0 aliphatic rings. The van der Waals surface area contributed by atoms with Crippen LogP contribution in [0.25, 0.3) is 0 Å². The van der Waals surface area contributed by atoms with Crippen molar-refractivity contribution in [3.05, 3.63) is 53.9 Å². The lowest BCUT2D eigenvalue weighted by molar-refractivity contribution is 0.510. The molecule has 0 saturated heterocycles. The minimum Gasteiger partial charge on any atom is -0.313 e. The molecule has 3 heteroatoms. The zero-order valence-corrected chi connectivity index (χ0v) is 11.8. The van der Waals surface area contributed by atoms with Crippen molar-refractivity contribution in [3.63, 3.8) is 0 Å². The van der Waals surface area contributed by atoms with Crippen LogP contribution in [0, 0.1) is 0 Å². The van der Waals surface area contributed by atoms with E-state index in [1.165, 1.54) is 30.5 Å². The van der Waals surface area contributed by atoms with Crippen LogP contribution in [0.3, 0.4) is 0 Å². The van der Waals surface area contributed by atoms with E-state index in [-0.39, 0.29) is 0 Å². The van der Waals surface area contributed by atoms with E-state index in [0.29, 0.717) is 6.04 Å². The second-order valence-corrected chi connectivity index (χ2v) is 4.94. The molecule has 0 bridgehead atoms. The zero-order valence-electron chi connectivity index (χ0n) is 11.8. The molecule has 0 amide bonds. The SMILES string of the molecule is CNC(CCCCc1ccnn1C)c1ccccc1. The molecule has 0 radical (unpaired) electrons. The molecule has 19 heavy (non-hydrogen) atoms. The molecule has 0 saturated carbocycles. The number of aryl methyl sites for hydroxylation is 2. The first-order chi connectivity index (χ1) is 9.31. The molecule has 0 aliphatic carbocycles. The average Bonchev–Trinajstić information content (AvgIpc) is 2.85. The third-order valence-electron chi connectivity index (χ3n) is 3.65. The van der Waals surface area contributed by atoms with Gasteiger partial charge in [-0.1, -0.05) is 36.8 Å². The highest BCUT2D eigenvalue weighted by molar-refractivity contribution is 5.18. The molecule has 1 unspecified atom stereocenters. The highest BCUT2D eigenvalue weighted by Gasteiger charge is 2.08. The largest absolute Gasteiger partial charge is 0.313 e. The van der Waals surface area contributed by atoms with Crippen LogP contribution in [0.4, 0.5) is 0 Å². The second kappa shape index (κ2) is 7.10. The van der Waals surface area contributed by atoms with E-state index in [1.807, 2.05) is 25.0 Å². The first-order valence-electron chi connectivity index (χ1n) is 7.00. The van der Waals surface area contributed by atoms with Crippen molar-refractivity contribution < 1.29 is 0 Å². The summed E-state index contributed by atoms with van der Waals surface area (Å²) in [5.41, 5.74) is 2.70. The fraction of sp³-hybridized carbons (Fsp3) is 0.438. The van der Waals surface area contributed by atoms with E-state index in [4.69, 9.17) is 0 Å². The van der Waals surface area contributed by atoms with Gasteiger partial charge >= 0.3 is 0 Å². The quantitative estimate of drug-likeness (QED) is 0.772. The van der Waals surface area contributed by atoms with Crippen molar-refractivity contribution in [2.45, 2.75) is 31.7 Å². The topological polar surface area (TPSA) is 29.9 Å². The van der Waals surface area contributed by atoms with Crippen LogP contribution in [0.15, 0.2) is 42.6 Å². The molecule has 1 atom stereocenters. The number of nitrogens with zero attached hydrogens (tertiary/aromatic N) is 2. The number of aromatic nitrogens is 2. The van der Waals surface area contributed by atoms with Gasteiger partial charge in [0.15, 0.2) is 0 Å². The normalized spacial score (nSPS) is 12.5. The summed E-state index contributed by atoms with van der Waals surface area (Å²) in [6.07, 6.45) is 6.60. The zero-order chi connectivity index (χ0) is 13.5. The third kappa shape index (κ3) is 3.93. The Balaban J connectivity index is 1.77. The van der Waals surface area contributed by atoms with Crippen molar-refractivity contribution in [2.75, 3.05) is 7.05 Å². The molecule has 3 nitrogen and oxygen atoms in total. The summed E-state index contributed by atoms with van der Waals surface area (Å²) in [5.74, 6) is 0. The highest BCUT2D eigenvalue weighted by atomic mass is 15.2. The monoisotopic (exact) mass is 257 g/mol. The number of unbranched alkanes of at least 4 members (excludes halogenated alkanes) is 1. The average molecular weight is 257 g/mol. The van der Waals surface area contributed by atoms with Crippen LogP contribution in [-0.2, 0) is 13.5 Å². The van der Waals surface area contributed by atoms with E-state index in [1.54, 1.807) is 0 Å². The molecule has 0 fully saturated rings. The lowest BCUT2D eigenvalue weighted by Gasteiger charge is -2.16. The molecule has 1 N–H and O–H groups in total. The van der Waals surface area contributed by atoms with E-state index in [9.17, 15) is 0 Å². The molecular weight excluding hydrogens is 234 g/mol. The summed E-state index contributed by atoms with van der Waals surface area (Å²) in [5, 5.41) is 7.60. The van der Waals surface area contributed by atoms with Crippen LogP contribution in [0.2, 0.25) is 0 Å². The van der Waals surface area contributed by atoms with Gasteiger partial charge in [-0.3, -0.25) is 4.68 Å². The van der Waals surface area contributed by atoms with E-state index < -0.39 is 0 Å². The van der Waals surface area contributed by atoms with Gasteiger partial charge in [0.1, 0.15) is 0 Å². The second-order valence-electron chi connectivity index (χ2n) is 4.94. The highest BCUT2D eigenvalue weighted by Crippen LogP contribution is 2.19. The molecule has 2 aromatic rings. The lowest BCUT2D eigenvalue weighted by Crippen LogP contribution is -2.16. The maximum Gasteiger partial charge on any atom is 0.0492 e. The molecule has 1 aromatic heterocycles. The number of benzene rings is 1.